The van der Waals surface area contributed by atoms with Gasteiger partial charge in [0.25, 0.3) is 0 Å². The normalized spacial score (nSPS) is 9.78. The van der Waals surface area contributed by atoms with Crippen molar-refractivity contribution in [2.45, 2.75) is 62.1 Å². The minimum Gasteiger partial charge on any atom is -0.255 e. The highest BCUT2D eigenvalue weighted by atomic mass is 19.2. The van der Waals surface area contributed by atoms with E-state index in [0.717, 1.165) is 61.9 Å². The van der Waals surface area contributed by atoms with Gasteiger partial charge in [0.1, 0.15) is 35.8 Å². The Morgan fingerprint density at radius 3 is 1.07 bits per heavy atom. The lowest BCUT2D eigenvalue weighted by molar-refractivity contribution is 0.373. The summed E-state index contributed by atoms with van der Waals surface area (Å²) in [6.45, 7) is 11.0. The van der Waals surface area contributed by atoms with Crippen LogP contribution in [0.3, 0.4) is 0 Å². The van der Waals surface area contributed by atoms with Crippen molar-refractivity contribution in [3.63, 3.8) is 0 Å². The number of alkyl halides is 2. The van der Waals surface area contributed by atoms with E-state index in [2.05, 4.69) is 0 Å². The molecule has 8 aromatic carbocycles. The third kappa shape index (κ3) is 24.2. The average molecular weight is 1180 g/mol. The Bertz CT molecular complexity index is 2990. The molecule has 0 nitrogen and oxygen atoms in total. The molecule has 0 aliphatic carbocycles. The molecule has 0 N–H and O–H groups in total. The maximum Gasteiger partial charge on any atom is 0.200 e. The van der Waals surface area contributed by atoms with Crippen LogP contribution in [0.5, 0.6) is 0 Å². The van der Waals surface area contributed by atoms with Gasteiger partial charge in [-0.2, -0.15) is 0 Å². The van der Waals surface area contributed by atoms with E-state index in [1.807, 2.05) is 19.1 Å². The Balaban J connectivity index is 0.000000900. The summed E-state index contributed by atoms with van der Waals surface area (Å²) in [5.41, 5.74) is 2.18. The smallest absolute Gasteiger partial charge is 0.200 e. The van der Waals surface area contributed by atoms with Crippen molar-refractivity contribution in [1.29, 1.82) is 0 Å². The van der Waals surface area contributed by atoms with Crippen molar-refractivity contribution in [2.75, 3.05) is 7.18 Å². The summed E-state index contributed by atoms with van der Waals surface area (Å²) in [5, 5.41) is 0. The first-order valence-corrected chi connectivity index (χ1v) is 22.4. The number of hydrogen-bond donors (Lipinski definition) is 0. The molecule has 0 fully saturated rings. The summed E-state index contributed by atoms with van der Waals surface area (Å²) < 4.78 is 279. The van der Waals surface area contributed by atoms with Crippen LogP contribution >= 0.6 is 0 Å². The molecule has 0 saturated heterocycles. The molecule has 0 unspecified atom stereocenters. The van der Waals surface area contributed by atoms with Gasteiger partial charge in [-0.1, -0.05) is 54.1 Å². The lowest BCUT2D eigenvalue weighted by Crippen LogP contribution is -2.03. The summed E-state index contributed by atoms with van der Waals surface area (Å²) in [5.74, 6) is -25.6. The van der Waals surface area contributed by atoms with E-state index in [9.17, 15) is 101 Å². The molecule has 0 aliphatic rings. The van der Waals surface area contributed by atoms with Crippen LogP contribution < -0.4 is 0 Å². The predicted octanol–water partition coefficient (Wildman–Crippen LogP) is 19.9. The van der Waals surface area contributed by atoms with Gasteiger partial charge in [0.2, 0.25) is 5.82 Å². The summed E-state index contributed by atoms with van der Waals surface area (Å²) in [6.07, 6.45) is 0. The van der Waals surface area contributed by atoms with Gasteiger partial charge in [-0.15, -0.1) is 0 Å². The quantitative estimate of drug-likeness (QED) is 0.0873. The topological polar surface area (TPSA) is 0 Å². The maximum absolute atomic E-state index is 12.4. The molecule has 0 aliphatic heterocycles. The minimum atomic E-state index is -2.13. The Morgan fingerprint density at radius 1 is 0.247 bits per heavy atom. The largest absolute Gasteiger partial charge is 0.255 e. The first-order chi connectivity index (χ1) is 37.7. The molecular weight excluding hydrogens is 1130 g/mol. The fraction of sp³-hybridized carbons (Fsp3) is 0.172. The van der Waals surface area contributed by atoms with Gasteiger partial charge in [-0.05, 0) is 143 Å². The molecule has 0 aromatic heterocycles. The van der Waals surface area contributed by atoms with E-state index >= 15 is 0 Å². The van der Waals surface area contributed by atoms with E-state index in [1.165, 1.54) is 63.6 Å². The van der Waals surface area contributed by atoms with E-state index in [1.54, 1.807) is 19.1 Å². The monoisotopic (exact) mass is 1180 g/mol. The van der Waals surface area contributed by atoms with E-state index < -0.39 is 122 Å². The molecular formula is C58H47F23. The summed E-state index contributed by atoms with van der Waals surface area (Å²) in [7, 11) is 0.500. The van der Waals surface area contributed by atoms with Crippen molar-refractivity contribution >= 4 is 0 Å². The van der Waals surface area contributed by atoms with Crippen LogP contribution in [0.1, 0.15) is 50.1 Å². The SMILES string of the molecule is CF.Cc1c(F)c(F)c(F)c(F)c1F.Cc1cc(F)c(F)c(F)c1F.Cc1cc(F)c(F)cc1F.Cc1cc(F)ccc1F.Cc1ccc(CF)cc1.Cc1ccc(F)c(F)c1F.Cc1ccc(F)cc1F.Cc1cccc(F)c1F. The number of aryl methyl sites for hydroxylation is 7. The van der Waals surface area contributed by atoms with Gasteiger partial charge in [-0.25, -0.2) is 96.6 Å². The number of benzene rings is 8. The first kappa shape index (κ1) is 73.2. The van der Waals surface area contributed by atoms with Crippen LogP contribution in [0.4, 0.5) is 101 Å². The van der Waals surface area contributed by atoms with Gasteiger partial charge in [0, 0.05) is 17.7 Å². The average Bonchev–Trinajstić information content (AvgIpc) is 3.43. The zero-order valence-corrected chi connectivity index (χ0v) is 43.8. The molecule has 0 radical (unpaired) electrons. The minimum absolute atomic E-state index is 0.110. The number of rotatable bonds is 1. The fourth-order valence-electron chi connectivity index (χ4n) is 5.11. The lowest BCUT2D eigenvalue weighted by atomic mass is 10.2. The second kappa shape index (κ2) is 35.7. The van der Waals surface area contributed by atoms with Crippen molar-refractivity contribution in [3.8, 4) is 0 Å². The highest BCUT2D eigenvalue weighted by Crippen LogP contribution is 2.22. The maximum atomic E-state index is 12.4. The van der Waals surface area contributed by atoms with Gasteiger partial charge >= 0.3 is 0 Å². The van der Waals surface area contributed by atoms with Crippen molar-refractivity contribution in [3.05, 3.63) is 281 Å². The van der Waals surface area contributed by atoms with Gasteiger partial charge in [-0.3, -0.25) is 4.39 Å². The van der Waals surface area contributed by atoms with Crippen LogP contribution in [-0.2, 0) is 6.67 Å². The Morgan fingerprint density at radius 2 is 0.630 bits per heavy atom. The van der Waals surface area contributed by atoms with Crippen molar-refractivity contribution < 1.29 is 101 Å². The zero-order valence-electron chi connectivity index (χ0n) is 43.8. The lowest BCUT2D eigenvalue weighted by Gasteiger charge is -2.02. The molecule has 440 valence electrons. The highest BCUT2D eigenvalue weighted by Gasteiger charge is 2.23. The van der Waals surface area contributed by atoms with Crippen LogP contribution in [0.25, 0.3) is 0 Å². The zero-order chi connectivity index (χ0) is 62.8. The van der Waals surface area contributed by atoms with Crippen LogP contribution in [-0.4, -0.2) is 7.18 Å². The molecule has 0 spiro atoms. The molecule has 0 bridgehead atoms. The van der Waals surface area contributed by atoms with Crippen LogP contribution in [0.2, 0.25) is 0 Å². The highest BCUT2D eigenvalue weighted by molar-refractivity contribution is 5.24. The van der Waals surface area contributed by atoms with Gasteiger partial charge in [0.05, 0.1) is 7.18 Å². The second-order valence-corrected chi connectivity index (χ2v) is 16.1. The summed E-state index contributed by atoms with van der Waals surface area (Å²) in [4.78, 5) is 0. The number of hydrogen-bond acceptors (Lipinski definition) is 0. The fourth-order valence-corrected chi connectivity index (χ4v) is 5.11. The molecule has 81 heavy (non-hydrogen) atoms. The molecule has 0 amide bonds. The first-order valence-electron chi connectivity index (χ1n) is 22.4. The summed E-state index contributed by atoms with van der Waals surface area (Å²) in [6, 6.07) is 22.5. The van der Waals surface area contributed by atoms with E-state index in [4.69, 9.17) is 0 Å². The Hall–Kier alpha value is -7.85. The predicted molar refractivity (Wildman–Crippen MR) is 260 cm³/mol. The Kier molecular flexibility index (Phi) is 32.2. The molecule has 0 heterocycles. The van der Waals surface area contributed by atoms with E-state index in [0.29, 0.717) is 36.0 Å². The second-order valence-electron chi connectivity index (χ2n) is 16.1. The Labute approximate surface area is 450 Å². The van der Waals surface area contributed by atoms with Gasteiger partial charge < -0.3 is 0 Å². The van der Waals surface area contributed by atoms with Crippen molar-refractivity contribution in [1.82, 2.24) is 0 Å². The number of halogens is 23. The molecule has 0 saturated carbocycles. The summed E-state index contributed by atoms with van der Waals surface area (Å²) >= 11 is 0. The molecule has 0 atom stereocenters. The third-order valence-corrected chi connectivity index (χ3v) is 9.82. The third-order valence-electron chi connectivity index (χ3n) is 9.82. The molecule has 23 heteroatoms. The van der Waals surface area contributed by atoms with Crippen LogP contribution in [0.15, 0.2) is 109 Å². The van der Waals surface area contributed by atoms with Gasteiger partial charge in [0.15, 0.2) is 87.3 Å². The molecule has 8 aromatic rings. The van der Waals surface area contributed by atoms with Crippen molar-refractivity contribution in [2.24, 2.45) is 0 Å². The molecule has 8 rings (SSSR count). The van der Waals surface area contributed by atoms with E-state index in [-0.39, 0.29) is 29.2 Å². The standard InChI is InChI=1S/C8H9F.C7H3F5.C7H4F4.2C7H5F3.3C7H6F2.CH3F/c1-7-2-4-8(6-9)5-3-7;1-2-3(8)5(10)7(12)6(11)4(2)9;1-3-2-4(8)6(10)7(11)5(3)9;1-4-2-6(9)7(10)3-5(4)8;1-4-2-3-5(8)7(10)6(4)9;1-5-4-6(8)2-3-7(5)9;1-5-2-3-6(8)4-7(5)9;1-5-3-2-4-6(8)7(5)9;1-2/h2-5H,6H2,1H3;1H3;2H,1H3;2*2-3H,1H3;3*2-4H,1H3;1H3. The van der Waals surface area contributed by atoms with Crippen LogP contribution in [0, 0.1) is 178 Å².